The van der Waals surface area contributed by atoms with Crippen molar-refractivity contribution >= 4 is 50.4 Å². The molecule has 4 aromatic rings. The van der Waals surface area contributed by atoms with E-state index >= 15 is 0 Å². The maximum atomic E-state index is 12.8. The summed E-state index contributed by atoms with van der Waals surface area (Å²) in [6, 6.07) is 15.8. The van der Waals surface area contributed by atoms with Gasteiger partial charge >= 0.3 is 0 Å². The number of carbonyl (C=O) groups is 1. The van der Waals surface area contributed by atoms with Gasteiger partial charge in [-0.3, -0.25) is 4.79 Å². The summed E-state index contributed by atoms with van der Waals surface area (Å²) in [5, 5.41) is 3.99. The van der Waals surface area contributed by atoms with E-state index in [2.05, 4.69) is 10.3 Å². The van der Waals surface area contributed by atoms with Crippen molar-refractivity contribution in [3.63, 3.8) is 0 Å². The van der Waals surface area contributed by atoms with Gasteiger partial charge in [-0.05, 0) is 78.1 Å². The molecule has 2 aromatic heterocycles. The number of pyridine rings is 1. The predicted octanol–water partition coefficient (Wildman–Crippen LogP) is 4.84. The average Bonchev–Trinajstić information content (AvgIpc) is 3.58. The molecule has 1 saturated heterocycles. The van der Waals surface area contributed by atoms with Crippen LogP contribution in [0.3, 0.4) is 0 Å². The number of nitrogens with zero attached hydrogens (tertiary/aromatic N) is 2. The highest BCUT2D eigenvalue weighted by Gasteiger charge is 2.27. The zero-order valence-corrected chi connectivity index (χ0v) is 21.4. The van der Waals surface area contributed by atoms with Gasteiger partial charge in [-0.15, -0.1) is 0 Å². The fraction of sp³-hybridized carbons (Fsp3) is 0.185. The summed E-state index contributed by atoms with van der Waals surface area (Å²) in [7, 11) is -3.47. The van der Waals surface area contributed by atoms with E-state index in [0.717, 1.165) is 34.9 Å². The maximum Gasteiger partial charge on any atom is 0.244 e. The molecule has 0 bridgehead atoms. The molecule has 1 aliphatic heterocycles. The summed E-state index contributed by atoms with van der Waals surface area (Å²) in [4.78, 5) is 16.5. The molecule has 1 aliphatic rings. The summed E-state index contributed by atoms with van der Waals surface area (Å²) in [6.45, 7) is 1.32. The Hall–Kier alpha value is -3.66. The van der Waals surface area contributed by atoms with Crippen LogP contribution in [0.25, 0.3) is 28.2 Å². The molecular formula is C27H25ClN4O4S. The molecule has 2 aromatic carbocycles. The zero-order chi connectivity index (χ0) is 26.0. The number of hydrogen-bond acceptors (Lipinski definition) is 6. The van der Waals surface area contributed by atoms with Crippen molar-refractivity contribution in [2.24, 2.45) is 0 Å². The lowest BCUT2D eigenvalue weighted by molar-refractivity contribution is -0.116. The molecule has 5 rings (SSSR count). The van der Waals surface area contributed by atoms with E-state index in [0.29, 0.717) is 35.3 Å². The van der Waals surface area contributed by atoms with Crippen molar-refractivity contribution < 1.29 is 17.6 Å². The molecule has 3 heterocycles. The second kappa shape index (κ2) is 10.4. The molecule has 10 heteroatoms. The van der Waals surface area contributed by atoms with Crippen LogP contribution in [0.4, 0.5) is 5.82 Å². The lowest BCUT2D eigenvalue weighted by Crippen LogP contribution is -2.27. The summed E-state index contributed by atoms with van der Waals surface area (Å²) >= 11 is 6.50. The van der Waals surface area contributed by atoms with E-state index in [4.69, 9.17) is 21.8 Å². The number of hydrogen-bond donors (Lipinski definition) is 2. The fourth-order valence-corrected chi connectivity index (χ4v) is 6.02. The first-order valence-electron chi connectivity index (χ1n) is 11.8. The minimum atomic E-state index is -3.47. The number of benzene rings is 2. The number of anilines is 1. The molecule has 1 amide bonds. The molecule has 8 nitrogen and oxygen atoms in total. The maximum absolute atomic E-state index is 12.8. The summed E-state index contributed by atoms with van der Waals surface area (Å²) in [5.41, 5.74) is 8.51. The Morgan fingerprint density at radius 3 is 2.54 bits per heavy atom. The number of nitrogen functional groups attached to an aromatic ring is 1. The van der Waals surface area contributed by atoms with Crippen LogP contribution in [-0.4, -0.2) is 36.7 Å². The number of nitrogens with one attached hydrogen (secondary N) is 1. The monoisotopic (exact) mass is 536 g/mol. The first-order valence-corrected chi connectivity index (χ1v) is 13.6. The van der Waals surface area contributed by atoms with Gasteiger partial charge < -0.3 is 15.5 Å². The summed E-state index contributed by atoms with van der Waals surface area (Å²) in [5.74, 6) is 0.681. The number of furan rings is 1. The van der Waals surface area contributed by atoms with Crippen molar-refractivity contribution in [2.75, 3.05) is 18.8 Å². The smallest absolute Gasteiger partial charge is 0.244 e. The van der Waals surface area contributed by atoms with Gasteiger partial charge in [0.1, 0.15) is 11.6 Å². The van der Waals surface area contributed by atoms with Gasteiger partial charge in [-0.25, -0.2) is 13.4 Å². The van der Waals surface area contributed by atoms with Gasteiger partial charge in [0.05, 0.1) is 16.5 Å². The highest BCUT2D eigenvalue weighted by molar-refractivity contribution is 7.89. The van der Waals surface area contributed by atoms with E-state index < -0.39 is 10.0 Å². The van der Waals surface area contributed by atoms with Crippen LogP contribution in [0.1, 0.15) is 24.2 Å². The van der Waals surface area contributed by atoms with Gasteiger partial charge in [0, 0.05) is 30.7 Å². The Labute approximate surface area is 219 Å². The van der Waals surface area contributed by atoms with E-state index in [-0.39, 0.29) is 17.3 Å². The van der Waals surface area contributed by atoms with Gasteiger partial charge in [0.25, 0.3) is 0 Å². The second-order valence-corrected chi connectivity index (χ2v) is 11.1. The summed E-state index contributed by atoms with van der Waals surface area (Å²) < 4.78 is 33.0. The Morgan fingerprint density at radius 2 is 1.84 bits per heavy atom. The molecule has 37 heavy (non-hydrogen) atoms. The fourth-order valence-electron chi connectivity index (χ4n) is 4.23. The molecule has 0 radical (unpaired) electrons. The van der Waals surface area contributed by atoms with Crippen LogP contribution < -0.4 is 11.1 Å². The number of halogens is 1. The van der Waals surface area contributed by atoms with Crippen molar-refractivity contribution in [3.05, 3.63) is 83.2 Å². The van der Waals surface area contributed by atoms with E-state index in [9.17, 15) is 13.2 Å². The topological polar surface area (TPSA) is 119 Å². The molecule has 0 aliphatic carbocycles. The largest absolute Gasteiger partial charge is 0.458 e. The van der Waals surface area contributed by atoms with Crippen LogP contribution >= 0.6 is 11.6 Å². The van der Waals surface area contributed by atoms with Crippen molar-refractivity contribution in [2.45, 2.75) is 24.3 Å². The van der Waals surface area contributed by atoms with E-state index in [1.165, 1.54) is 10.4 Å². The van der Waals surface area contributed by atoms with E-state index in [1.54, 1.807) is 54.7 Å². The van der Waals surface area contributed by atoms with E-state index in [1.807, 2.05) is 12.1 Å². The third kappa shape index (κ3) is 5.53. The number of aromatic nitrogens is 1. The van der Waals surface area contributed by atoms with Crippen molar-refractivity contribution in [1.82, 2.24) is 14.6 Å². The lowest BCUT2D eigenvalue weighted by atomic mass is 10.0. The lowest BCUT2D eigenvalue weighted by Gasteiger charge is -2.15. The van der Waals surface area contributed by atoms with Gasteiger partial charge in [0.2, 0.25) is 15.9 Å². The molecule has 190 valence electrons. The van der Waals surface area contributed by atoms with Crippen LogP contribution in [-0.2, 0) is 21.4 Å². The average molecular weight is 537 g/mol. The molecular weight excluding hydrogens is 512 g/mol. The van der Waals surface area contributed by atoms with Gasteiger partial charge in [-0.1, -0.05) is 23.7 Å². The Bertz CT molecular complexity index is 1570. The standard InChI is InChI=1S/C27H25ClN4O4S/c28-24-15-20(19-5-7-23(8-6-19)37(34,35)32-11-1-2-12-32)13-21-14-22(36-27(21)24)17-31-26(33)10-4-18-3-9-25(29)30-16-18/h3-10,13-16H,1-2,11-12,17H2,(H2,29,30)(H,31,33)/b10-4+. The number of carbonyl (C=O) groups excluding carboxylic acids is 1. The Morgan fingerprint density at radius 1 is 1.08 bits per heavy atom. The SMILES string of the molecule is Nc1ccc(/C=C/C(=O)NCc2cc3cc(-c4ccc(S(=O)(=O)N5CCCC5)cc4)cc(Cl)c3o2)cn1. The molecule has 0 unspecified atom stereocenters. The molecule has 0 atom stereocenters. The molecule has 3 N–H and O–H groups in total. The number of fused-ring (bicyclic) bond motifs is 1. The van der Waals surface area contributed by atoms with Gasteiger partial charge in [0.15, 0.2) is 5.58 Å². The third-order valence-corrected chi connectivity index (χ3v) is 8.38. The van der Waals surface area contributed by atoms with Crippen LogP contribution in [0.15, 0.2) is 76.2 Å². The highest BCUT2D eigenvalue weighted by atomic mass is 35.5. The Balaban J connectivity index is 1.29. The number of amides is 1. The van der Waals surface area contributed by atoms with Gasteiger partial charge in [-0.2, -0.15) is 4.31 Å². The Kier molecular flexibility index (Phi) is 7.01. The van der Waals surface area contributed by atoms with Crippen molar-refractivity contribution in [1.29, 1.82) is 0 Å². The number of nitrogens with two attached hydrogens (primary N) is 1. The first kappa shape index (κ1) is 25.0. The first-order chi connectivity index (χ1) is 17.8. The van der Waals surface area contributed by atoms with Crippen molar-refractivity contribution in [3.8, 4) is 11.1 Å². The van der Waals surface area contributed by atoms with Crippen LogP contribution in [0.2, 0.25) is 5.02 Å². The van der Waals surface area contributed by atoms with Crippen LogP contribution in [0.5, 0.6) is 0 Å². The normalized spacial score (nSPS) is 14.5. The minimum absolute atomic E-state index is 0.187. The number of sulfonamides is 1. The summed E-state index contributed by atoms with van der Waals surface area (Å²) in [6.07, 6.45) is 6.42. The van der Waals surface area contributed by atoms with Crippen LogP contribution in [0, 0.1) is 0 Å². The zero-order valence-electron chi connectivity index (χ0n) is 19.9. The minimum Gasteiger partial charge on any atom is -0.458 e. The third-order valence-electron chi connectivity index (χ3n) is 6.19. The highest BCUT2D eigenvalue weighted by Crippen LogP contribution is 2.33. The second-order valence-electron chi connectivity index (χ2n) is 8.79. The molecule has 0 saturated carbocycles. The quantitative estimate of drug-likeness (QED) is 0.326. The number of rotatable bonds is 7. The predicted molar refractivity (Wildman–Crippen MR) is 144 cm³/mol. The molecule has 0 spiro atoms. The molecule has 1 fully saturated rings.